The Morgan fingerprint density at radius 2 is 2.04 bits per heavy atom. The molecule has 1 aromatic carbocycles. The lowest BCUT2D eigenvalue weighted by molar-refractivity contribution is -0.131. The highest BCUT2D eigenvalue weighted by Crippen LogP contribution is 2.25. The summed E-state index contributed by atoms with van der Waals surface area (Å²) in [5, 5.41) is 0.954. The molecule has 23 heavy (non-hydrogen) atoms. The molecule has 4 nitrogen and oxygen atoms in total. The molecular formula is C17H22Cl2N2O2. The molecule has 0 radical (unpaired) electrons. The predicted molar refractivity (Wildman–Crippen MR) is 94.2 cm³/mol. The number of halogens is 2. The Kier molecular flexibility index (Phi) is 6.75. The molecule has 1 aliphatic heterocycles. The number of hydrogen-bond donors (Lipinski definition) is 1. The summed E-state index contributed by atoms with van der Waals surface area (Å²) in [7, 11) is 1.53. The van der Waals surface area contributed by atoms with E-state index in [1.54, 1.807) is 12.1 Å². The van der Waals surface area contributed by atoms with Gasteiger partial charge in [-0.2, -0.15) is 0 Å². The van der Waals surface area contributed by atoms with E-state index in [0.29, 0.717) is 28.1 Å². The fourth-order valence-corrected chi connectivity index (χ4v) is 2.87. The highest BCUT2D eigenvalue weighted by Gasteiger charge is 2.19. The van der Waals surface area contributed by atoms with Crippen molar-refractivity contribution in [3.05, 3.63) is 39.9 Å². The van der Waals surface area contributed by atoms with Crippen molar-refractivity contribution in [3.63, 3.8) is 0 Å². The van der Waals surface area contributed by atoms with Crippen molar-refractivity contribution < 1.29 is 9.63 Å². The van der Waals surface area contributed by atoms with E-state index in [1.807, 2.05) is 17.0 Å². The molecule has 1 saturated heterocycles. The number of hydroxylamine groups is 1. The van der Waals surface area contributed by atoms with E-state index < -0.39 is 0 Å². The monoisotopic (exact) mass is 356 g/mol. The third-order valence-corrected chi connectivity index (χ3v) is 4.80. The van der Waals surface area contributed by atoms with Gasteiger partial charge < -0.3 is 4.90 Å². The summed E-state index contributed by atoms with van der Waals surface area (Å²) in [5.41, 5.74) is 4.32. The molecule has 0 bridgehead atoms. The third-order valence-electron chi connectivity index (χ3n) is 4.06. The minimum absolute atomic E-state index is 0.132. The second kappa shape index (κ2) is 8.57. The summed E-state index contributed by atoms with van der Waals surface area (Å²) in [6.45, 7) is 3.91. The minimum atomic E-state index is 0.132. The molecule has 1 N–H and O–H groups in total. The molecule has 0 unspecified atom stereocenters. The Morgan fingerprint density at radius 3 is 2.65 bits per heavy atom. The standard InChI is InChI=1S/C17H22Cl2N2O2/c1-12-7-9-21(10-8-12)17(22)6-5-16(20-23-2)13-3-4-14(18)15(19)11-13/h3-5,11-12,20H,6-10H2,1-2H3/b16-5-. The maximum absolute atomic E-state index is 12.3. The molecule has 1 aromatic rings. The van der Waals surface area contributed by atoms with E-state index in [0.717, 1.165) is 31.5 Å². The number of nitrogens with one attached hydrogen (secondary N) is 1. The van der Waals surface area contributed by atoms with E-state index in [2.05, 4.69) is 12.4 Å². The van der Waals surface area contributed by atoms with Crippen molar-refractivity contribution in [3.8, 4) is 0 Å². The van der Waals surface area contributed by atoms with Crippen LogP contribution in [0.15, 0.2) is 24.3 Å². The quantitative estimate of drug-likeness (QED) is 0.806. The molecule has 1 amide bonds. The van der Waals surface area contributed by atoms with Crippen LogP contribution in [0.1, 0.15) is 31.7 Å². The minimum Gasteiger partial charge on any atom is -0.342 e. The Balaban J connectivity index is 2.06. The van der Waals surface area contributed by atoms with Crippen molar-refractivity contribution in [2.45, 2.75) is 26.2 Å². The lowest BCUT2D eigenvalue weighted by Gasteiger charge is -2.30. The van der Waals surface area contributed by atoms with Crippen LogP contribution in [-0.4, -0.2) is 31.0 Å². The Labute approximate surface area is 147 Å². The molecule has 126 valence electrons. The zero-order chi connectivity index (χ0) is 16.8. The lowest BCUT2D eigenvalue weighted by Crippen LogP contribution is -2.37. The number of amides is 1. The van der Waals surface area contributed by atoms with Crippen LogP contribution in [0.2, 0.25) is 10.0 Å². The van der Waals surface area contributed by atoms with Gasteiger partial charge in [0.15, 0.2) is 0 Å². The number of carbonyl (C=O) groups is 1. The molecule has 0 aliphatic carbocycles. The fraction of sp³-hybridized carbons (Fsp3) is 0.471. The average molecular weight is 357 g/mol. The molecule has 6 heteroatoms. The van der Waals surface area contributed by atoms with Crippen LogP contribution < -0.4 is 5.48 Å². The summed E-state index contributed by atoms with van der Waals surface area (Å²) in [4.78, 5) is 19.3. The number of piperidine rings is 1. The zero-order valence-electron chi connectivity index (χ0n) is 13.4. The topological polar surface area (TPSA) is 41.6 Å². The lowest BCUT2D eigenvalue weighted by atomic mass is 9.99. The maximum atomic E-state index is 12.3. The van der Waals surface area contributed by atoms with Crippen molar-refractivity contribution in [1.29, 1.82) is 0 Å². The number of nitrogens with zero attached hydrogens (tertiary/aromatic N) is 1. The highest BCUT2D eigenvalue weighted by molar-refractivity contribution is 6.42. The van der Waals surface area contributed by atoms with E-state index >= 15 is 0 Å². The first kappa shape index (κ1) is 18.1. The van der Waals surface area contributed by atoms with Gasteiger partial charge in [-0.05, 0) is 37.0 Å². The largest absolute Gasteiger partial charge is 0.342 e. The van der Waals surface area contributed by atoms with Crippen molar-refractivity contribution in [2.75, 3.05) is 20.2 Å². The van der Waals surface area contributed by atoms with Crippen LogP contribution in [0.5, 0.6) is 0 Å². The van der Waals surface area contributed by atoms with Crippen LogP contribution in [0.25, 0.3) is 5.70 Å². The molecule has 1 aliphatic rings. The summed E-state index contributed by atoms with van der Waals surface area (Å²) in [5.74, 6) is 0.837. The second-order valence-electron chi connectivity index (χ2n) is 5.82. The van der Waals surface area contributed by atoms with Gasteiger partial charge in [0.2, 0.25) is 5.91 Å². The summed E-state index contributed by atoms with van der Waals surface area (Å²) in [6, 6.07) is 5.30. The smallest absolute Gasteiger partial charge is 0.226 e. The van der Waals surface area contributed by atoms with E-state index in [-0.39, 0.29) is 5.91 Å². The summed E-state index contributed by atoms with van der Waals surface area (Å²) in [6.07, 6.45) is 4.29. The zero-order valence-corrected chi connectivity index (χ0v) is 15.0. The Hall–Kier alpha value is -1.23. The highest BCUT2D eigenvalue weighted by atomic mass is 35.5. The van der Waals surface area contributed by atoms with Gasteiger partial charge in [-0.3, -0.25) is 15.1 Å². The number of rotatable bonds is 5. The molecule has 0 aromatic heterocycles. The van der Waals surface area contributed by atoms with Gasteiger partial charge in [0, 0.05) is 25.1 Å². The normalized spacial score (nSPS) is 16.5. The summed E-state index contributed by atoms with van der Waals surface area (Å²) < 4.78 is 0. The Bertz CT molecular complexity index is 582. The first-order valence-electron chi connectivity index (χ1n) is 7.73. The van der Waals surface area contributed by atoms with E-state index in [4.69, 9.17) is 28.0 Å². The molecule has 0 saturated carbocycles. The number of hydrogen-bond acceptors (Lipinski definition) is 3. The molecule has 0 atom stereocenters. The van der Waals surface area contributed by atoms with Gasteiger partial charge in [-0.1, -0.05) is 36.2 Å². The SMILES string of the molecule is CON/C(=C\CC(=O)N1CCC(C)CC1)c1ccc(Cl)c(Cl)c1. The molecule has 1 heterocycles. The van der Waals surface area contributed by atoms with Gasteiger partial charge in [0.25, 0.3) is 0 Å². The maximum Gasteiger partial charge on any atom is 0.226 e. The third kappa shape index (κ3) is 5.13. The average Bonchev–Trinajstić information content (AvgIpc) is 2.54. The first-order valence-corrected chi connectivity index (χ1v) is 8.49. The Morgan fingerprint density at radius 1 is 1.35 bits per heavy atom. The molecule has 0 spiro atoms. The van der Waals surface area contributed by atoms with E-state index in [1.165, 1.54) is 7.11 Å². The number of likely N-dealkylation sites (tertiary alicyclic amines) is 1. The van der Waals surface area contributed by atoms with Crippen molar-refractivity contribution in [2.24, 2.45) is 5.92 Å². The van der Waals surface area contributed by atoms with Crippen molar-refractivity contribution >= 4 is 34.8 Å². The van der Waals surface area contributed by atoms with Crippen molar-refractivity contribution in [1.82, 2.24) is 10.4 Å². The molecule has 2 rings (SSSR count). The van der Waals surface area contributed by atoms with E-state index in [9.17, 15) is 4.79 Å². The fourth-order valence-electron chi connectivity index (χ4n) is 2.57. The van der Waals surface area contributed by atoms with Gasteiger partial charge >= 0.3 is 0 Å². The van der Waals surface area contributed by atoms with Gasteiger partial charge in [-0.15, -0.1) is 0 Å². The molecular weight excluding hydrogens is 335 g/mol. The van der Waals surface area contributed by atoms with Crippen LogP contribution in [0.3, 0.4) is 0 Å². The van der Waals surface area contributed by atoms with Gasteiger partial charge in [-0.25, -0.2) is 0 Å². The van der Waals surface area contributed by atoms with Gasteiger partial charge in [0.1, 0.15) is 0 Å². The first-order chi connectivity index (χ1) is 11.0. The molecule has 1 fully saturated rings. The van der Waals surface area contributed by atoms with Crippen LogP contribution in [-0.2, 0) is 9.63 Å². The van der Waals surface area contributed by atoms with Gasteiger partial charge in [0.05, 0.1) is 22.9 Å². The van der Waals surface area contributed by atoms with Crippen LogP contribution >= 0.6 is 23.2 Å². The van der Waals surface area contributed by atoms with Crippen LogP contribution in [0, 0.1) is 5.92 Å². The van der Waals surface area contributed by atoms with Crippen LogP contribution in [0.4, 0.5) is 0 Å². The number of benzene rings is 1. The summed E-state index contributed by atoms with van der Waals surface area (Å²) >= 11 is 12.0. The predicted octanol–water partition coefficient (Wildman–Crippen LogP) is 4.13. The number of carbonyl (C=O) groups excluding carboxylic acids is 1. The second-order valence-corrected chi connectivity index (χ2v) is 6.63.